The van der Waals surface area contributed by atoms with Crippen LogP contribution in [0.15, 0.2) is 0 Å². The summed E-state index contributed by atoms with van der Waals surface area (Å²) >= 11 is 0. The van der Waals surface area contributed by atoms with E-state index in [2.05, 4.69) is 5.32 Å². The van der Waals surface area contributed by atoms with Crippen LogP contribution in [0.2, 0.25) is 0 Å². The number of carboxylic acids is 1. The van der Waals surface area contributed by atoms with Gasteiger partial charge in [0.1, 0.15) is 0 Å². The van der Waals surface area contributed by atoms with Crippen molar-refractivity contribution in [2.75, 3.05) is 13.2 Å². The molecule has 4 N–H and O–H groups in total. The summed E-state index contributed by atoms with van der Waals surface area (Å²) < 4.78 is 5.23. The second-order valence-electron chi connectivity index (χ2n) is 5.93. The van der Waals surface area contributed by atoms with Gasteiger partial charge in [-0.25, -0.2) is 0 Å². The quantitative estimate of drug-likeness (QED) is 0.660. The van der Waals surface area contributed by atoms with Gasteiger partial charge in [-0.05, 0) is 25.7 Å². The van der Waals surface area contributed by atoms with E-state index in [0.717, 1.165) is 25.7 Å². The number of carbonyl (C=O) groups is 2. The number of rotatable bonds is 3. The second kappa shape index (κ2) is 6.54. The number of nitrogens with one attached hydrogen (secondary N) is 1. The minimum Gasteiger partial charge on any atom is -0.481 e. The van der Waals surface area contributed by atoms with Crippen molar-refractivity contribution in [2.45, 2.75) is 56.5 Å². The summed E-state index contributed by atoms with van der Waals surface area (Å²) in [5.41, 5.74) is 5.23. The lowest BCUT2D eigenvalue weighted by atomic mass is 9.88. The first-order valence-corrected chi connectivity index (χ1v) is 7.43. The topological polar surface area (TPSA) is 102 Å². The lowest BCUT2D eigenvalue weighted by molar-refractivity contribution is -0.143. The second-order valence-corrected chi connectivity index (χ2v) is 5.93. The van der Waals surface area contributed by atoms with Crippen molar-refractivity contribution >= 4 is 11.9 Å². The highest BCUT2D eigenvalue weighted by molar-refractivity contribution is 5.87. The number of nitrogens with two attached hydrogens (primary N) is 1. The maximum atomic E-state index is 12.4. The van der Waals surface area contributed by atoms with Crippen molar-refractivity contribution in [1.82, 2.24) is 5.32 Å². The van der Waals surface area contributed by atoms with Crippen molar-refractivity contribution in [3.8, 4) is 0 Å². The van der Waals surface area contributed by atoms with Crippen molar-refractivity contribution in [3.05, 3.63) is 0 Å². The van der Waals surface area contributed by atoms with Gasteiger partial charge in [-0.1, -0.05) is 19.3 Å². The summed E-state index contributed by atoms with van der Waals surface area (Å²) in [4.78, 5) is 23.7. The smallest absolute Gasteiger partial charge is 0.308 e. The SMILES string of the molecule is NC1(C(=O)NC2CCCCCC2C(=O)O)CCOCC1. The van der Waals surface area contributed by atoms with Crippen LogP contribution in [0.5, 0.6) is 0 Å². The molecule has 1 saturated heterocycles. The highest BCUT2D eigenvalue weighted by Crippen LogP contribution is 2.25. The molecule has 6 heteroatoms. The van der Waals surface area contributed by atoms with Gasteiger partial charge < -0.3 is 20.9 Å². The summed E-state index contributed by atoms with van der Waals surface area (Å²) in [6.45, 7) is 0.966. The average Bonchev–Trinajstić information content (AvgIpc) is 2.65. The molecule has 0 bridgehead atoms. The number of aliphatic carboxylic acids is 1. The van der Waals surface area contributed by atoms with Gasteiger partial charge in [0, 0.05) is 19.3 Å². The molecule has 0 aromatic heterocycles. The van der Waals surface area contributed by atoms with Gasteiger partial charge in [-0.15, -0.1) is 0 Å². The molecule has 1 saturated carbocycles. The van der Waals surface area contributed by atoms with Crippen molar-refractivity contribution in [1.29, 1.82) is 0 Å². The van der Waals surface area contributed by atoms with Gasteiger partial charge in [0.15, 0.2) is 0 Å². The number of hydrogen-bond donors (Lipinski definition) is 3. The van der Waals surface area contributed by atoms with Gasteiger partial charge in [-0.2, -0.15) is 0 Å². The Balaban J connectivity index is 2.01. The largest absolute Gasteiger partial charge is 0.481 e. The molecule has 0 aromatic carbocycles. The van der Waals surface area contributed by atoms with Crippen LogP contribution in [0.25, 0.3) is 0 Å². The Kier molecular flexibility index (Phi) is 4.99. The van der Waals surface area contributed by atoms with Crippen LogP contribution in [0.1, 0.15) is 44.9 Å². The molecule has 114 valence electrons. The average molecular weight is 284 g/mol. The van der Waals surface area contributed by atoms with Gasteiger partial charge in [0.2, 0.25) is 5.91 Å². The zero-order valence-corrected chi connectivity index (χ0v) is 11.8. The van der Waals surface area contributed by atoms with E-state index >= 15 is 0 Å². The monoisotopic (exact) mass is 284 g/mol. The van der Waals surface area contributed by atoms with E-state index in [0.29, 0.717) is 32.5 Å². The molecule has 2 fully saturated rings. The Morgan fingerprint density at radius 1 is 1.15 bits per heavy atom. The molecule has 1 amide bonds. The van der Waals surface area contributed by atoms with Gasteiger partial charge in [0.25, 0.3) is 0 Å². The summed E-state index contributed by atoms with van der Waals surface area (Å²) in [6.07, 6.45) is 5.21. The molecule has 2 rings (SSSR count). The molecule has 20 heavy (non-hydrogen) atoms. The fourth-order valence-electron chi connectivity index (χ4n) is 3.05. The van der Waals surface area contributed by atoms with Crippen LogP contribution in [-0.2, 0) is 14.3 Å². The number of hydrogen-bond acceptors (Lipinski definition) is 4. The van der Waals surface area contributed by atoms with E-state index < -0.39 is 17.4 Å². The highest BCUT2D eigenvalue weighted by atomic mass is 16.5. The molecule has 0 radical (unpaired) electrons. The maximum absolute atomic E-state index is 12.4. The Morgan fingerprint density at radius 2 is 1.80 bits per heavy atom. The summed E-state index contributed by atoms with van der Waals surface area (Å²) in [6, 6.07) is -0.300. The third-order valence-electron chi connectivity index (χ3n) is 4.49. The predicted octanol–water partition coefficient (Wildman–Crippen LogP) is 0.644. The Hall–Kier alpha value is -1.14. The van der Waals surface area contributed by atoms with Crippen LogP contribution in [0.4, 0.5) is 0 Å². The van der Waals surface area contributed by atoms with E-state index in [1.807, 2.05) is 0 Å². The normalized spacial score (nSPS) is 30.2. The summed E-state index contributed by atoms with van der Waals surface area (Å²) in [7, 11) is 0. The highest BCUT2D eigenvalue weighted by Gasteiger charge is 2.39. The first kappa shape index (κ1) is 15.3. The molecule has 1 heterocycles. The third kappa shape index (κ3) is 3.49. The lowest BCUT2D eigenvalue weighted by Crippen LogP contribution is -2.59. The standard InChI is InChI=1S/C14H24N2O4/c15-14(6-8-20-9-7-14)13(19)16-11-5-3-1-2-4-10(11)12(17)18/h10-11H,1-9,15H2,(H,16,19)(H,17,18). The maximum Gasteiger partial charge on any atom is 0.308 e. The molecule has 6 nitrogen and oxygen atoms in total. The molecule has 1 aliphatic carbocycles. The zero-order valence-electron chi connectivity index (χ0n) is 11.8. The van der Waals surface area contributed by atoms with Crippen LogP contribution in [-0.4, -0.2) is 41.8 Å². The van der Waals surface area contributed by atoms with Crippen LogP contribution in [0.3, 0.4) is 0 Å². The Bertz CT molecular complexity index is 366. The van der Waals surface area contributed by atoms with E-state index in [1.165, 1.54) is 0 Å². The van der Waals surface area contributed by atoms with Crippen molar-refractivity contribution in [2.24, 2.45) is 11.7 Å². The molecule has 0 aromatic rings. The first-order valence-electron chi connectivity index (χ1n) is 7.43. The van der Waals surface area contributed by atoms with E-state index in [-0.39, 0.29) is 11.9 Å². The zero-order chi connectivity index (χ0) is 14.6. The molecule has 0 spiro atoms. The van der Waals surface area contributed by atoms with E-state index in [1.54, 1.807) is 0 Å². The Morgan fingerprint density at radius 3 is 2.45 bits per heavy atom. The fourth-order valence-corrected chi connectivity index (χ4v) is 3.05. The molecule has 1 aliphatic heterocycles. The lowest BCUT2D eigenvalue weighted by Gasteiger charge is -2.34. The molecule has 2 aliphatic rings. The Labute approximate surface area is 119 Å². The number of amides is 1. The molecule has 2 atom stereocenters. The third-order valence-corrected chi connectivity index (χ3v) is 4.49. The number of ether oxygens (including phenoxy) is 1. The minimum absolute atomic E-state index is 0.223. The van der Waals surface area contributed by atoms with Crippen LogP contribution in [0, 0.1) is 5.92 Å². The van der Waals surface area contributed by atoms with Crippen LogP contribution < -0.4 is 11.1 Å². The van der Waals surface area contributed by atoms with Crippen molar-refractivity contribution < 1.29 is 19.4 Å². The number of carboxylic acid groups (broad SMARTS) is 1. The van der Waals surface area contributed by atoms with Gasteiger partial charge >= 0.3 is 5.97 Å². The van der Waals surface area contributed by atoms with Gasteiger partial charge in [0.05, 0.1) is 11.5 Å². The van der Waals surface area contributed by atoms with Crippen molar-refractivity contribution in [3.63, 3.8) is 0 Å². The molecular weight excluding hydrogens is 260 g/mol. The summed E-state index contributed by atoms with van der Waals surface area (Å²) in [5, 5.41) is 12.2. The van der Waals surface area contributed by atoms with Gasteiger partial charge in [-0.3, -0.25) is 9.59 Å². The fraction of sp³-hybridized carbons (Fsp3) is 0.857. The molecule has 2 unspecified atom stereocenters. The predicted molar refractivity (Wildman–Crippen MR) is 73.1 cm³/mol. The summed E-state index contributed by atoms with van der Waals surface area (Å²) in [5.74, 6) is -1.54. The minimum atomic E-state index is -0.909. The molecular formula is C14H24N2O4. The first-order chi connectivity index (χ1) is 9.53. The van der Waals surface area contributed by atoms with Crippen LogP contribution >= 0.6 is 0 Å². The number of carbonyl (C=O) groups excluding carboxylic acids is 1. The van der Waals surface area contributed by atoms with E-state index in [4.69, 9.17) is 10.5 Å². The van der Waals surface area contributed by atoms with E-state index in [9.17, 15) is 14.7 Å².